The average molecular weight is 343 g/mol. The van der Waals surface area contributed by atoms with Gasteiger partial charge < -0.3 is 15.0 Å². The SMILES string of the molecule is CCc1ccc(C(=O)N2CC3CC(C(=O)NCC4CC4)C(C2)O3)cn1. The Bertz CT molecular complexity index is 656. The number of fused-ring (bicyclic) bond motifs is 2. The quantitative estimate of drug-likeness (QED) is 0.877. The van der Waals surface area contributed by atoms with Gasteiger partial charge in [0.15, 0.2) is 0 Å². The van der Waals surface area contributed by atoms with Crippen LogP contribution in [0.1, 0.15) is 42.2 Å². The minimum absolute atomic E-state index is 0.0208. The molecule has 3 heterocycles. The second kappa shape index (κ2) is 6.75. The van der Waals surface area contributed by atoms with Crippen LogP contribution in [0.15, 0.2) is 18.3 Å². The molecule has 2 saturated heterocycles. The lowest BCUT2D eigenvalue weighted by atomic mass is 9.99. The summed E-state index contributed by atoms with van der Waals surface area (Å²) in [5.74, 6) is 0.597. The van der Waals surface area contributed by atoms with E-state index >= 15 is 0 Å². The van der Waals surface area contributed by atoms with Crippen molar-refractivity contribution in [2.45, 2.75) is 44.8 Å². The topological polar surface area (TPSA) is 71.5 Å². The Balaban J connectivity index is 1.38. The van der Waals surface area contributed by atoms with Gasteiger partial charge in [0.05, 0.1) is 23.7 Å². The molecular formula is C19H25N3O3. The molecular weight excluding hydrogens is 318 g/mol. The number of carbonyl (C=O) groups excluding carboxylic acids is 2. The van der Waals surface area contributed by atoms with E-state index in [-0.39, 0.29) is 29.9 Å². The molecule has 2 aliphatic heterocycles. The zero-order valence-corrected chi connectivity index (χ0v) is 14.6. The first-order chi connectivity index (χ1) is 12.1. The van der Waals surface area contributed by atoms with Gasteiger partial charge in [-0.25, -0.2) is 0 Å². The van der Waals surface area contributed by atoms with E-state index < -0.39 is 0 Å². The summed E-state index contributed by atoms with van der Waals surface area (Å²) in [5, 5.41) is 3.06. The number of nitrogens with one attached hydrogen (secondary N) is 1. The van der Waals surface area contributed by atoms with Crippen molar-refractivity contribution in [3.8, 4) is 0 Å². The lowest BCUT2D eigenvalue weighted by molar-refractivity contribution is -0.127. The van der Waals surface area contributed by atoms with Crippen LogP contribution in [0.2, 0.25) is 0 Å². The fraction of sp³-hybridized carbons (Fsp3) is 0.632. The number of morpholine rings is 1. The molecule has 6 nitrogen and oxygen atoms in total. The zero-order chi connectivity index (χ0) is 17.4. The Kier molecular flexibility index (Phi) is 4.46. The number of carbonyl (C=O) groups is 2. The Morgan fingerprint density at radius 2 is 2.16 bits per heavy atom. The predicted molar refractivity (Wildman–Crippen MR) is 92.0 cm³/mol. The molecule has 134 valence electrons. The lowest BCUT2D eigenvalue weighted by Gasteiger charge is -2.32. The van der Waals surface area contributed by atoms with E-state index in [4.69, 9.17) is 4.74 Å². The van der Waals surface area contributed by atoms with Crippen LogP contribution < -0.4 is 5.32 Å². The number of amides is 2. The van der Waals surface area contributed by atoms with Crippen LogP contribution >= 0.6 is 0 Å². The Hall–Kier alpha value is -1.95. The molecule has 2 bridgehead atoms. The van der Waals surface area contributed by atoms with Crippen molar-refractivity contribution in [2.24, 2.45) is 11.8 Å². The van der Waals surface area contributed by atoms with E-state index in [1.807, 2.05) is 24.0 Å². The van der Waals surface area contributed by atoms with Gasteiger partial charge in [-0.05, 0) is 43.7 Å². The number of pyridine rings is 1. The molecule has 0 spiro atoms. The number of aryl methyl sites for hydroxylation is 1. The molecule has 1 aromatic rings. The minimum Gasteiger partial charge on any atom is -0.370 e. The maximum Gasteiger partial charge on any atom is 0.255 e. The van der Waals surface area contributed by atoms with Crippen LogP contribution in [-0.2, 0) is 16.0 Å². The first-order valence-electron chi connectivity index (χ1n) is 9.31. The van der Waals surface area contributed by atoms with Gasteiger partial charge in [0.25, 0.3) is 5.91 Å². The minimum atomic E-state index is -0.190. The first kappa shape index (κ1) is 16.5. The number of hydrogen-bond donors (Lipinski definition) is 1. The molecule has 0 radical (unpaired) electrons. The second-order valence-electron chi connectivity index (χ2n) is 7.43. The van der Waals surface area contributed by atoms with Gasteiger partial charge in [0, 0.05) is 31.5 Å². The molecule has 3 fully saturated rings. The molecule has 6 heteroatoms. The van der Waals surface area contributed by atoms with Crippen LogP contribution in [0.5, 0.6) is 0 Å². The fourth-order valence-corrected chi connectivity index (χ4v) is 3.74. The Morgan fingerprint density at radius 3 is 2.84 bits per heavy atom. The van der Waals surface area contributed by atoms with Crippen LogP contribution in [0.3, 0.4) is 0 Å². The highest BCUT2D eigenvalue weighted by Crippen LogP contribution is 2.33. The van der Waals surface area contributed by atoms with Crippen molar-refractivity contribution in [3.63, 3.8) is 0 Å². The number of aromatic nitrogens is 1. The van der Waals surface area contributed by atoms with Crippen molar-refractivity contribution >= 4 is 11.8 Å². The molecule has 1 saturated carbocycles. The molecule has 2 amide bonds. The zero-order valence-electron chi connectivity index (χ0n) is 14.6. The van der Waals surface area contributed by atoms with E-state index in [1.165, 1.54) is 12.8 Å². The molecule has 0 aromatic carbocycles. The molecule has 3 aliphatic rings. The number of nitrogens with zero attached hydrogens (tertiary/aromatic N) is 2. The van der Waals surface area contributed by atoms with Crippen molar-refractivity contribution in [3.05, 3.63) is 29.6 Å². The summed E-state index contributed by atoms with van der Waals surface area (Å²) in [6, 6.07) is 3.74. The standard InChI is InChI=1S/C19H25N3O3/c1-2-14-6-5-13(9-20-14)19(24)22-10-15-7-16(17(11-22)25-15)18(23)21-8-12-3-4-12/h5-6,9,12,15-17H,2-4,7-8,10-11H2,1H3,(H,21,23). The molecule has 1 N–H and O–H groups in total. The van der Waals surface area contributed by atoms with Crippen molar-refractivity contribution < 1.29 is 14.3 Å². The van der Waals surface area contributed by atoms with Gasteiger partial charge in [-0.15, -0.1) is 0 Å². The second-order valence-corrected chi connectivity index (χ2v) is 7.43. The normalized spacial score (nSPS) is 28.0. The van der Waals surface area contributed by atoms with Gasteiger partial charge in [-0.3, -0.25) is 14.6 Å². The van der Waals surface area contributed by atoms with E-state index in [0.29, 0.717) is 31.0 Å². The summed E-state index contributed by atoms with van der Waals surface area (Å²) >= 11 is 0. The van der Waals surface area contributed by atoms with Gasteiger partial charge >= 0.3 is 0 Å². The summed E-state index contributed by atoms with van der Waals surface area (Å²) in [4.78, 5) is 31.3. The average Bonchev–Trinajstić information content (AvgIpc) is 3.43. The maximum atomic E-state index is 12.7. The molecule has 3 atom stereocenters. The van der Waals surface area contributed by atoms with Crippen LogP contribution in [0.4, 0.5) is 0 Å². The fourth-order valence-electron chi connectivity index (χ4n) is 3.74. The number of hydrogen-bond acceptors (Lipinski definition) is 4. The van der Waals surface area contributed by atoms with E-state index in [9.17, 15) is 9.59 Å². The molecule has 3 unspecified atom stereocenters. The van der Waals surface area contributed by atoms with Gasteiger partial charge in [-0.2, -0.15) is 0 Å². The third-order valence-electron chi connectivity index (χ3n) is 5.48. The van der Waals surface area contributed by atoms with Crippen molar-refractivity contribution in [2.75, 3.05) is 19.6 Å². The maximum absolute atomic E-state index is 12.7. The van der Waals surface area contributed by atoms with E-state index in [2.05, 4.69) is 10.3 Å². The van der Waals surface area contributed by atoms with E-state index in [0.717, 1.165) is 18.7 Å². The van der Waals surface area contributed by atoms with Crippen LogP contribution in [-0.4, -0.2) is 53.5 Å². The first-order valence-corrected chi connectivity index (χ1v) is 9.31. The van der Waals surface area contributed by atoms with Gasteiger partial charge in [0.2, 0.25) is 5.91 Å². The summed E-state index contributed by atoms with van der Waals surface area (Å²) in [6.07, 6.45) is 5.43. The lowest BCUT2D eigenvalue weighted by Crippen LogP contribution is -2.48. The Morgan fingerprint density at radius 1 is 1.32 bits per heavy atom. The smallest absolute Gasteiger partial charge is 0.255 e. The monoisotopic (exact) mass is 343 g/mol. The molecule has 4 rings (SSSR count). The van der Waals surface area contributed by atoms with E-state index in [1.54, 1.807) is 6.20 Å². The Labute approximate surface area is 147 Å². The summed E-state index contributed by atoms with van der Waals surface area (Å²) in [7, 11) is 0. The third kappa shape index (κ3) is 3.54. The number of ether oxygens (including phenoxy) is 1. The highest BCUT2D eigenvalue weighted by atomic mass is 16.5. The van der Waals surface area contributed by atoms with Gasteiger partial charge in [0.1, 0.15) is 0 Å². The summed E-state index contributed by atoms with van der Waals surface area (Å²) in [5.41, 5.74) is 1.58. The molecule has 1 aliphatic carbocycles. The van der Waals surface area contributed by atoms with Crippen molar-refractivity contribution in [1.82, 2.24) is 15.2 Å². The largest absolute Gasteiger partial charge is 0.370 e. The highest BCUT2D eigenvalue weighted by Gasteiger charge is 2.46. The number of likely N-dealkylation sites (tertiary alicyclic amines) is 1. The predicted octanol–water partition coefficient (Wildman–Crippen LogP) is 1.40. The summed E-state index contributed by atoms with van der Waals surface area (Å²) < 4.78 is 5.94. The number of rotatable bonds is 5. The van der Waals surface area contributed by atoms with Crippen LogP contribution in [0.25, 0.3) is 0 Å². The van der Waals surface area contributed by atoms with Crippen LogP contribution in [0, 0.1) is 11.8 Å². The molecule has 25 heavy (non-hydrogen) atoms. The molecule has 1 aromatic heterocycles. The summed E-state index contributed by atoms with van der Waals surface area (Å²) in [6.45, 7) is 3.85. The highest BCUT2D eigenvalue weighted by molar-refractivity contribution is 5.94. The van der Waals surface area contributed by atoms with Gasteiger partial charge in [-0.1, -0.05) is 6.92 Å². The van der Waals surface area contributed by atoms with Crippen molar-refractivity contribution in [1.29, 1.82) is 0 Å². The third-order valence-corrected chi connectivity index (χ3v) is 5.48.